The van der Waals surface area contributed by atoms with Crippen LogP contribution in [-0.4, -0.2) is 23.0 Å². The lowest BCUT2D eigenvalue weighted by atomic mass is 10.4. The van der Waals surface area contributed by atoms with Crippen LogP contribution in [0.3, 0.4) is 0 Å². The zero-order chi connectivity index (χ0) is 13.1. The van der Waals surface area contributed by atoms with Gasteiger partial charge in [0.2, 0.25) is 5.28 Å². The molecule has 6 heteroatoms. The highest BCUT2D eigenvalue weighted by Crippen LogP contribution is 2.10. The quantitative estimate of drug-likeness (QED) is 0.443. The van der Waals surface area contributed by atoms with Gasteiger partial charge in [-0.2, -0.15) is 0 Å². The molecule has 0 fully saturated rings. The van der Waals surface area contributed by atoms with Gasteiger partial charge in [0.1, 0.15) is 5.15 Å². The first kappa shape index (κ1) is 17.5. The van der Waals surface area contributed by atoms with E-state index in [2.05, 4.69) is 14.7 Å². The zero-order valence-electron chi connectivity index (χ0n) is 10.0. The lowest BCUT2D eigenvalue weighted by molar-refractivity contribution is 0.0594. The van der Waals surface area contributed by atoms with E-state index in [-0.39, 0.29) is 16.1 Å². The van der Waals surface area contributed by atoms with Gasteiger partial charge in [0.15, 0.2) is 5.69 Å². The van der Waals surface area contributed by atoms with E-state index in [4.69, 9.17) is 23.2 Å². The molecule has 1 aromatic rings. The van der Waals surface area contributed by atoms with Crippen molar-refractivity contribution in [2.45, 2.75) is 27.7 Å². The summed E-state index contributed by atoms with van der Waals surface area (Å²) >= 11 is 10.9. The number of carbonyl (C=O) groups excluding carboxylic acids is 1. The molecule has 0 bridgehead atoms. The number of esters is 1. The molecule has 1 aromatic heterocycles. The Balaban J connectivity index is 0. The van der Waals surface area contributed by atoms with Crippen molar-refractivity contribution in [3.8, 4) is 0 Å². The lowest BCUT2D eigenvalue weighted by Gasteiger charge is -1.98. The van der Waals surface area contributed by atoms with Gasteiger partial charge in [-0.25, -0.2) is 14.8 Å². The number of halogens is 2. The van der Waals surface area contributed by atoms with E-state index in [1.807, 2.05) is 27.7 Å². The summed E-state index contributed by atoms with van der Waals surface area (Å²) in [5.74, 6) is -0.596. The van der Waals surface area contributed by atoms with Crippen molar-refractivity contribution in [3.05, 3.63) is 22.2 Å². The van der Waals surface area contributed by atoms with Gasteiger partial charge in [-0.15, -0.1) is 0 Å². The van der Waals surface area contributed by atoms with Crippen LogP contribution in [0, 0.1) is 0 Å². The minimum Gasteiger partial charge on any atom is -0.464 e. The molecular formula is C10H16Cl2N2O2. The Morgan fingerprint density at radius 2 is 1.69 bits per heavy atom. The molecule has 0 aliphatic rings. The summed E-state index contributed by atoms with van der Waals surface area (Å²) in [6.07, 6.45) is 0. The van der Waals surface area contributed by atoms with Gasteiger partial charge in [0, 0.05) is 6.07 Å². The van der Waals surface area contributed by atoms with Crippen molar-refractivity contribution in [2.24, 2.45) is 0 Å². The largest absolute Gasteiger partial charge is 0.464 e. The van der Waals surface area contributed by atoms with E-state index in [0.717, 1.165) is 0 Å². The average Bonchev–Trinajstić information content (AvgIpc) is 2.32. The minimum atomic E-state index is -0.596. The maximum atomic E-state index is 10.9. The van der Waals surface area contributed by atoms with Gasteiger partial charge in [-0.1, -0.05) is 39.3 Å². The van der Waals surface area contributed by atoms with Crippen molar-refractivity contribution < 1.29 is 9.53 Å². The first-order chi connectivity index (χ1) is 7.63. The molecule has 0 N–H and O–H groups in total. The van der Waals surface area contributed by atoms with E-state index in [1.54, 1.807) is 0 Å². The summed E-state index contributed by atoms with van der Waals surface area (Å²) < 4.78 is 4.40. The Labute approximate surface area is 106 Å². The molecule has 0 aliphatic carbocycles. The van der Waals surface area contributed by atoms with Gasteiger partial charge >= 0.3 is 5.97 Å². The smallest absolute Gasteiger partial charge is 0.356 e. The lowest BCUT2D eigenvalue weighted by Crippen LogP contribution is -2.04. The van der Waals surface area contributed by atoms with Gasteiger partial charge < -0.3 is 4.74 Å². The summed E-state index contributed by atoms with van der Waals surface area (Å²) in [5, 5.41) is 0.0262. The van der Waals surface area contributed by atoms with Crippen LogP contribution in [0.4, 0.5) is 0 Å². The van der Waals surface area contributed by atoms with E-state index in [9.17, 15) is 4.79 Å². The molecule has 0 amide bonds. The second-order valence-corrected chi connectivity index (χ2v) is 2.56. The van der Waals surface area contributed by atoms with Crippen LogP contribution in [0.25, 0.3) is 0 Å². The Morgan fingerprint density at radius 1 is 1.19 bits per heavy atom. The fourth-order valence-corrected chi connectivity index (χ4v) is 1.01. The van der Waals surface area contributed by atoms with Crippen LogP contribution in [0.5, 0.6) is 0 Å². The first-order valence-corrected chi connectivity index (χ1v) is 5.67. The number of carbonyl (C=O) groups is 1. The Hall–Kier alpha value is -0.870. The van der Waals surface area contributed by atoms with Gasteiger partial charge in [0.25, 0.3) is 0 Å². The topological polar surface area (TPSA) is 52.1 Å². The fourth-order valence-electron chi connectivity index (χ4n) is 0.599. The molecule has 0 atom stereocenters. The molecule has 0 saturated carbocycles. The molecule has 4 nitrogen and oxygen atoms in total. The van der Waals surface area contributed by atoms with Crippen LogP contribution in [0.1, 0.15) is 38.2 Å². The molecule has 1 heterocycles. The minimum absolute atomic E-state index is 0.0440. The molecule has 0 spiro atoms. The molecule has 92 valence electrons. The highest BCUT2D eigenvalue weighted by Gasteiger charge is 2.09. The third-order valence-electron chi connectivity index (χ3n) is 1.06. The summed E-state index contributed by atoms with van der Waals surface area (Å²) in [6, 6.07) is 1.28. The summed E-state index contributed by atoms with van der Waals surface area (Å²) in [4.78, 5) is 18.1. The standard InChI is InChI=1S/C6H4Cl2N2O2.2C2H6/c1-12-5(11)3-2-4(7)10-6(8)9-3;2*1-2/h2H,1H3;2*1-2H3. The molecule has 16 heavy (non-hydrogen) atoms. The molecule has 1 rings (SSSR count). The number of nitrogens with zero attached hydrogens (tertiary/aromatic N) is 2. The van der Waals surface area contributed by atoms with Crippen LogP contribution < -0.4 is 0 Å². The Kier molecular flexibility index (Phi) is 11.7. The fraction of sp³-hybridized carbons (Fsp3) is 0.500. The number of hydrogen-bond donors (Lipinski definition) is 0. The first-order valence-electron chi connectivity index (χ1n) is 4.92. The van der Waals surface area contributed by atoms with Crippen LogP contribution in [0.15, 0.2) is 6.07 Å². The molecule has 0 saturated heterocycles. The molecule has 0 aliphatic heterocycles. The van der Waals surface area contributed by atoms with Gasteiger partial charge in [-0.05, 0) is 11.6 Å². The van der Waals surface area contributed by atoms with E-state index in [1.165, 1.54) is 13.2 Å². The molecule has 0 radical (unpaired) electrons. The molecule has 0 unspecified atom stereocenters. The number of ether oxygens (including phenoxy) is 1. The maximum absolute atomic E-state index is 10.9. The maximum Gasteiger partial charge on any atom is 0.356 e. The molecule has 0 aromatic carbocycles. The predicted molar refractivity (Wildman–Crippen MR) is 66.1 cm³/mol. The summed E-state index contributed by atoms with van der Waals surface area (Å²) in [5.41, 5.74) is 0.0440. The Morgan fingerprint density at radius 3 is 2.06 bits per heavy atom. The summed E-state index contributed by atoms with van der Waals surface area (Å²) in [6.45, 7) is 8.00. The van der Waals surface area contributed by atoms with Crippen molar-refractivity contribution >= 4 is 29.2 Å². The van der Waals surface area contributed by atoms with E-state index in [0.29, 0.717) is 0 Å². The van der Waals surface area contributed by atoms with Crippen LogP contribution >= 0.6 is 23.2 Å². The van der Waals surface area contributed by atoms with Crippen molar-refractivity contribution in [3.63, 3.8) is 0 Å². The monoisotopic (exact) mass is 266 g/mol. The highest BCUT2D eigenvalue weighted by molar-refractivity contribution is 6.32. The number of rotatable bonds is 1. The van der Waals surface area contributed by atoms with Crippen LogP contribution in [0.2, 0.25) is 10.4 Å². The number of aromatic nitrogens is 2. The van der Waals surface area contributed by atoms with Gasteiger partial charge in [-0.3, -0.25) is 0 Å². The second kappa shape index (κ2) is 10.6. The summed E-state index contributed by atoms with van der Waals surface area (Å²) in [7, 11) is 1.24. The van der Waals surface area contributed by atoms with Crippen LogP contribution in [-0.2, 0) is 4.74 Å². The van der Waals surface area contributed by atoms with E-state index >= 15 is 0 Å². The van der Waals surface area contributed by atoms with Crippen molar-refractivity contribution in [1.29, 1.82) is 0 Å². The molecular weight excluding hydrogens is 251 g/mol. The second-order valence-electron chi connectivity index (χ2n) is 1.84. The SMILES string of the molecule is CC.CC.COC(=O)c1cc(Cl)nc(Cl)n1. The predicted octanol–water partition coefficient (Wildman–Crippen LogP) is 3.62. The third-order valence-corrected chi connectivity index (χ3v) is 1.42. The normalized spacial score (nSPS) is 7.94. The Bertz CT molecular complexity index is 299. The van der Waals surface area contributed by atoms with Crippen molar-refractivity contribution in [2.75, 3.05) is 7.11 Å². The van der Waals surface area contributed by atoms with Crippen molar-refractivity contribution in [1.82, 2.24) is 9.97 Å². The van der Waals surface area contributed by atoms with E-state index < -0.39 is 5.97 Å². The highest BCUT2D eigenvalue weighted by atomic mass is 35.5. The zero-order valence-corrected chi connectivity index (χ0v) is 11.6. The third kappa shape index (κ3) is 6.58. The average molecular weight is 267 g/mol. The van der Waals surface area contributed by atoms with Gasteiger partial charge in [0.05, 0.1) is 7.11 Å². The number of hydrogen-bond acceptors (Lipinski definition) is 4. The number of methoxy groups -OCH3 is 1.